The van der Waals surface area contributed by atoms with Gasteiger partial charge >= 0.3 is 0 Å². The molecule has 0 aliphatic carbocycles. The van der Waals surface area contributed by atoms with E-state index >= 15 is 0 Å². The molecule has 0 amide bonds. The van der Waals surface area contributed by atoms with Gasteiger partial charge in [-0.1, -0.05) is 27.2 Å². The maximum atomic E-state index is 8.96. The highest BCUT2D eigenvalue weighted by atomic mass is 16.3. The van der Waals surface area contributed by atoms with Crippen LogP contribution in [-0.2, 0) is 0 Å². The fourth-order valence-electron chi connectivity index (χ4n) is 2.00. The van der Waals surface area contributed by atoms with Crippen molar-refractivity contribution >= 4 is 0 Å². The van der Waals surface area contributed by atoms with E-state index in [0.29, 0.717) is 24.4 Å². The van der Waals surface area contributed by atoms with Gasteiger partial charge in [0.1, 0.15) is 0 Å². The highest BCUT2D eigenvalue weighted by Gasteiger charge is 2.12. The van der Waals surface area contributed by atoms with Gasteiger partial charge in [-0.25, -0.2) is 0 Å². The summed E-state index contributed by atoms with van der Waals surface area (Å²) in [5.74, 6) is 1.82. The molecule has 3 heteroatoms. The smallest absolute Gasteiger partial charge is 0.0434 e. The van der Waals surface area contributed by atoms with E-state index in [1.807, 2.05) is 0 Å². The van der Waals surface area contributed by atoms with Crippen LogP contribution in [0, 0.1) is 17.8 Å². The minimum absolute atomic E-state index is 0.302. The first-order valence-corrected chi connectivity index (χ1v) is 6.67. The van der Waals surface area contributed by atoms with Crippen LogP contribution in [0.4, 0.5) is 0 Å². The average molecular weight is 230 g/mol. The molecule has 0 spiro atoms. The van der Waals surface area contributed by atoms with Gasteiger partial charge in [0.05, 0.1) is 0 Å². The summed E-state index contributed by atoms with van der Waals surface area (Å²) in [7, 11) is 0. The second kappa shape index (κ2) is 10.1. The van der Waals surface area contributed by atoms with Crippen molar-refractivity contribution in [3.8, 4) is 0 Å². The van der Waals surface area contributed by atoms with E-state index in [0.717, 1.165) is 26.1 Å². The number of nitrogens with one attached hydrogen (secondary N) is 1. The van der Waals surface area contributed by atoms with Crippen molar-refractivity contribution in [2.45, 2.75) is 40.0 Å². The van der Waals surface area contributed by atoms with E-state index in [-0.39, 0.29) is 0 Å². The molecule has 0 aromatic heterocycles. The molecule has 0 fully saturated rings. The van der Waals surface area contributed by atoms with E-state index in [2.05, 4.69) is 26.1 Å². The van der Waals surface area contributed by atoms with Crippen molar-refractivity contribution in [2.75, 3.05) is 26.2 Å². The molecule has 4 N–H and O–H groups in total. The molecule has 0 aliphatic heterocycles. The largest absolute Gasteiger partial charge is 0.396 e. The zero-order valence-corrected chi connectivity index (χ0v) is 11.2. The molecule has 16 heavy (non-hydrogen) atoms. The molecular formula is C13H30N2O. The molecule has 98 valence electrons. The Kier molecular flexibility index (Phi) is 9.99. The van der Waals surface area contributed by atoms with Crippen LogP contribution in [0.1, 0.15) is 40.0 Å². The van der Waals surface area contributed by atoms with Crippen LogP contribution in [0.2, 0.25) is 0 Å². The van der Waals surface area contributed by atoms with Crippen molar-refractivity contribution in [1.82, 2.24) is 5.32 Å². The van der Waals surface area contributed by atoms with Crippen LogP contribution >= 0.6 is 0 Å². The minimum Gasteiger partial charge on any atom is -0.396 e. The van der Waals surface area contributed by atoms with Gasteiger partial charge in [-0.2, -0.15) is 0 Å². The molecule has 0 radical (unpaired) electrons. The lowest BCUT2D eigenvalue weighted by molar-refractivity contribution is 0.244. The van der Waals surface area contributed by atoms with Crippen LogP contribution in [0.15, 0.2) is 0 Å². The van der Waals surface area contributed by atoms with Crippen molar-refractivity contribution in [3.63, 3.8) is 0 Å². The van der Waals surface area contributed by atoms with Crippen molar-refractivity contribution in [1.29, 1.82) is 0 Å². The van der Waals surface area contributed by atoms with E-state index in [1.54, 1.807) is 0 Å². The monoisotopic (exact) mass is 230 g/mol. The van der Waals surface area contributed by atoms with E-state index in [9.17, 15) is 0 Å². The van der Waals surface area contributed by atoms with Crippen LogP contribution in [0.5, 0.6) is 0 Å². The lowest BCUT2D eigenvalue weighted by Gasteiger charge is -2.22. The first-order chi connectivity index (χ1) is 7.65. The Bertz CT molecular complexity index is 145. The molecule has 0 saturated carbocycles. The molecule has 2 atom stereocenters. The zero-order valence-electron chi connectivity index (χ0n) is 11.2. The SMILES string of the molecule is CCCC(CCO)CNCC(CN)C(C)C. The Morgan fingerprint density at radius 2 is 1.88 bits per heavy atom. The molecule has 0 saturated heterocycles. The minimum atomic E-state index is 0.302. The quantitative estimate of drug-likeness (QED) is 0.534. The summed E-state index contributed by atoms with van der Waals surface area (Å²) in [5.41, 5.74) is 5.73. The molecule has 0 rings (SSSR count). The highest BCUT2D eigenvalue weighted by molar-refractivity contribution is 4.69. The Morgan fingerprint density at radius 3 is 2.31 bits per heavy atom. The molecule has 0 aromatic carbocycles. The normalized spacial score (nSPS) is 15.4. The van der Waals surface area contributed by atoms with Crippen LogP contribution in [0.3, 0.4) is 0 Å². The first kappa shape index (κ1) is 15.9. The lowest BCUT2D eigenvalue weighted by Crippen LogP contribution is -2.34. The molecule has 0 bridgehead atoms. The second-order valence-corrected chi connectivity index (χ2v) is 5.07. The summed E-state index contributed by atoms with van der Waals surface area (Å²) in [4.78, 5) is 0. The Morgan fingerprint density at radius 1 is 1.19 bits per heavy atom. The van der Waals surface area contributed by atoms with E-state index < -0.39 is 0 Å². The lowest BCUT2D eigenvalue weighted by atomic mass is 9.95. The topological polar surface area (TPSA) is 58.3 Å². The number of aliphatic hydroxyl groups excluding tert-OH is 1. The molecule has 2 unspecified atom stereocenters. The van der Waals surface area contributed by atoms with Crippen molar-refractivity contribution in [3.05, 3.63) is 0 Å². The Balaban J connectivity index is 3.74. The molecule has 0 aromatic rings. The van der Waals surface area contributed by atoms with E-state index in [4.69, 9.17) is 10.8 Å². The van der Waals surface area contributed by atoms with Crippen LogP contribution < -0.4 is 11.1 Å². The Labute approximate surface area is 101 Å². The molecule has 3 nitrogen and oxygen atoms in total. The third-order valence-electron chi connectivity index (χ3n) is 3.32. The predicted molar refractivity (Wildman–Crippen MR) is 70.4 cm³/mol. The van der Waals surface area contributed by atoms with Crippen molar-refractivity contribution in [2.24, 2.45) is 23.5 Å². The number of hydrogen-bond acceptors (Lipinski definition) is 3. The number of rotatable bonds is 10. The summed E-state index contributed by atoms with van der Waals surface area (Å²) < 4.78 is 0. The standard InChI is InChI=1S/C13H30N2O/c1-4-5-12(6-7-16)9-15-10-13(8-14)11(2)3/h11-13,15-16H,4-10,14H2,1-3H3. The summed E-state index contributed by atoms with van der Waals surface area (Å²) in [6.45, 7) is 9.70. The highest BCUT2D eigenvalue weighted by Crippen LogP contribution is 2.11. The average Bonchev–Trinajstić information content (AvgIpc) is 2.24. The second-order valence-electron chi connectivity index (χ2n) is 5.07. The number of nitrogens with two attached hydrogens (primary N) is 1. The van der Waals surface area contributed by atoms with Crippen LogP contribution in [-0.4, -0.2) is 31.3 Å². The van der Waals surface area contributed by atoms with Gasteiger partial charge in [0.2, 0.25) is 0 Å². The van der Waals surface area contributed by atoms with Gasteiger partial charge in [0.15, 0.2) is 0 Å². The third-order valence-corrected chi connectivity index (χ3v) is 3.32. The fraction of sp³-hybridized carbons (Fsp3) is 1.00. The molecular weight excluding hydrogens is 200 g/mol. The van der Waals surface area contributed by atoms with Gasteiger partial charge in [0.25, 0.3) is 0 Å². The first-order valence-electron chi connectivity index (χ1n) is 6.67. The van der Waals surface area contributed by atoms with Gasteiger partial charge in [0, 0.05) is 6.61 Å². The zero-order chi connectivity index (χ0) is 12.4. The van der Waals surface area contributed by atoms with Gasteiger partial charge in [-0.15, -0.1) is 0 Å². The maximum absolute atomic E-state index is 8.96. The molecule has 0 aliphatic rings. The van der Waals surface area contributed by atoms with Gasteiger partial charge in [-0.05, 0) is 50.2 Å². The summed E-state index contributed by atoms with van der Waals surface area (Å²) in [6, 6.07) is 0. The predicted octanol–water partition coefficient (Wildman–Crippen LogP) is 1.61. The number of hydrogen-bond donors (Lipinski definition) is 3. The summed E-state index contributed by atoms with van der Waals surface area (Å²) >= 11 is 0. The maximum Gasteiger partial charge on any atom is 0.0434 e. The molecule has 0 heterocycles. The summed E-state index contributed by atoms with van der Waals surface area (Å²) in [6.07, 6.45) is 3.30. The van der Waals surface area contributed by atoms with Gasteiger partial charge < -0.3 is 16.2 Å². The van der Waals surface area contributed by atoms with Gasteiger partial charge in [-0.3, -0.25) is 0 Å². The summed E-state index contributed by atoms with van der Waals surface area (Å²) in [5, 5.41) is 12.5. The third kappa shape index (κ3) is 7.20. The number of aliphatic hydroxyl groups is 1. The van der Waals surface area contributed by atoms with E-state index in [1.165, 1.54) is 12.8 Å². The van der Waals surface area contributed by atoms with Crippen molar-refractivity contribution < 1.29 is 5.11 Å². The Hall–Kier alpha value is -0.120. The van der Waals surface area contributed by atoms with Crippen LogP contribution in [0.25, 0.3) is 0 Å². The fourth-order valence-corrected chi connectivity index (χ4v) is 2.00.